The first kappa shape index (κ1) is 25.8. The molecule has 0 atom stereocenters. The maximum absolute atomic E-state index is 12.3. The number of hydrogen-bond donors (Lipinski definition) is 1. The number of nitrogens with one attached hydrogen (secondary N) is 1. The molecule has 9 heteroatoms. The van der Waals surface area contributed by atoms with Gasteiger partial charge in [0.05, 0.1) is 11.9 Å². The molecule has 0 fully saturated rings. The van der Waals surface area contributed by atoms with E-state index in [1.165, 1.54) is 10.6 Å². The summed E-state index contributed by atoms with van der Waals surface area (Å²) in [4.78, 5) is 12.1. The Labute approximate surface area is 199 Å². The van der Waals surface area contributed by atoms with Gasteiger partial charge in [-0.15, -0.1) is 0 Å². The quantitative estimate of drug-likeness (QED) is 0.428. The topological polar surface area (TPSA) is 66.5 Å². The van der Waals surface area contributed by atoms with Crippen LogP contribution in [0.15, 0.2) is 36.4 Å². The number of anilines is 1. The number of amides is 1. The Bertz CT molecular complexity index is 1010. The van der Waals surface area contributed by atoms with E-state index >= 15 is 0 Å². The minimum atomic E-state index is -3.43. The molecule has 1 amide bonds. The summed E-state index contributed by atoms with van der Waals surface area (Å²) < 4.78 is 25.9. The molecule has 2 aromatic rings. The lowest BCUT2D eigenvalue weighted by molar-refractivity contribution is -0.121. The van der Waals surface area contributed by atoms with E-state index in [-0.39, 0.29) is 18.9 Å². The van der Waals surface area contributed by atoms with Gasteiger partial charge >= 0.3 is 0 Å². The number of hydrogen-bond acceptors (Lipinski definition) is 4. The summed E-state index contributed by atoms with van der Waals surface area (Å²) in [6.07, 6.45) is 1.91. The lowest BCUT2D eigenvalue weighted by Crippen LogP contribution is -2.33. The number of rotatable bonds is 11. The largest absolute Gasteiger partial charge is 0.355 e. The van der Waals surface area contributed by atoms with Crippen LogP contribution in [-0.2, 0) is 20.6 Å². The van der Waals surface area contributed by atoms with Gasteiger partial charge in [0.1, 0.15) is 0 Å². The summed E-state index contributed by atoms with van der Waals surface area (Å²) in [6.45, 7) is 4.62. The van der Waals surface area contributed by atoms with Gasteiger partial charge < -0.3 is 5.32 Å². The summed E-state index contributed by atoms with van der Waals surface area (Å²) in [5, 5.41) is 4.13. The molecular formula is C22H28Cl2N2O3S2. The Morgan fingerprint density at radius 3 is 2.55 bits per heavy atom. The highest BCUT2D eigenvalue weighted by atomic mass is 35.5. The van der Waals surface area contributed by atoms with E-state index in [2.05, 4.69) is 5.32 Å². The molecule has 0 bridgehead atoms. The first-order valence-corrected chi connectivity index (χ1v) is 13.7. The predicted octanol–water partition coefficient (Wildman–Crippen LogP) is 5.21. The number of nitrogens with zero attached hydrogens (tertiary/aromatic N) is 1. The molecule has 0 aromatic heterocycles. The summed E-state index contributed by atoms with van der Waals surface area (Å²) in [5.74, 6) is 1.41. The van der Waals surface area contributed by atoms with Crippen molar-refractivity contribution in [2.45, 2.75) is 32.4 Å². The second kappa shape index (κ2) is 12.0. The second-order valence-electron chi connectivity index (χ2n) is 7.37. The first-order valence-electron chi connectivity index (χ1n) is 9.91. The van der Waals surface area contributed by atoms with Crippen LogP contribution in [0, 0.1) is 13.8 Å². The molecule has 0 saturated carbocycles. The van der Waals surface area contributed by atoms with Gasteiger partial charge in [0.25, 0.3) is 0 Å². The molecular weight excluding hydrogens is 475 g/mol. The van der Waals surface area contributed by atoms with E-state index in [0.29, 0.717) is 28.7 Å². The number of aryl methyl sites for hydroxylation is 2. The third-order valence-electron chi connectivity index (χ3n) is 4.64. The van der Waals surface area contributed by atoms with Gasteiger partial charge in [-0.2, -0.15) is 11.8 Å². The van der Waals surface area contributed by atoms with Crippen molar-refractivity contribution in [2.24, 2.45) is 0 Å². The number of halogens is 2. The van der Waals surface area contributed by atoms with Gasteiger partial charge in [0.2, 0.25) is 15.9 Å². The fourth-order valence-corrected chi connectivity index (χ4v) is 5.44. The maximum atomic E-state index is 12.3. The molecule has 0 unspecified atom stereocenters. The van der Waals surface area contributed by atoms with Gasteiger partial charge in [-0.1, -0.05) is 41.4 Å². The molecule has 0 spiro atoms. The molecule has 1 N–H and O–H groups in total. The molecule has 0 aliphatic carbocycles. The van der Waals surface area contributed by atoms with E-state index in [1.54, 1.807) is 17.8 Å². The van der Waals surface area contributed by atoms with Crippen molar-refractivity contribution in [2.75, 3.05) is 29.4 Å². The van der Waals surface area contributed by atoms with E-state index in [0.717, 1.165) is 28.2 Å². The lowest BCUT2D eigenvalue weighted by Gasteiger charge is -2.24. The molecule has 2 aromatic carbocycles. The van der Waals surface area contributed by atoms with E-state index in [9.17, 15) is 13.2 Å². The third-order valence-corrected chi connectivity index (χ3v) is 7.41. The maximum Gasteiger partial charge on any atom is 0.232 e. The van der Waals surface area contributed by atoms with Gasteiger partial charge in [0, 0.05) is 41.1 Å². The van der Waals surface area contributed by atoms with Crippen LogP contribution in [0.3, 0.4) is 0 Å². The third kappa shape index (κ3) is 8.56. The fourth-order valence-electron chi connectivity index (χ4n) is 3.01. The van der Waals surface area contributed by atoms with E-state index in [4.69, 9.17) is 23.2 Å². The Morgan fingerprint density at radius 1 is 1.13 bits per heavy atom. The number of carbonyl (C=O) groups is 1. The average Bonchev–Trinajstić information content (AvgIpc) is 2.67. The Morgan fingerprint density at radius 2 is 1.87 bits per heavy atom. The van der Waals surface area contributed by atoms with Crippen LogP contribution in [0.1, 0.15) is 29.5 Å². The zero-order valence-electron chi connectivity index (χ0n) is 18.0. The van der Waals surface area contributed by atoms with Crippen LogP contribution < -0.4 is 9.62 Å². The molecule has 31 heavy (non-hydrogen) atoms. The first-order chi connectivity index (χ1) is 14.6. The lowest BCUT2D eigenvalue weighted by atomic mass is 10.1. The number of carbonyl (C=O) groups excluding carboxylic acids is 1. The van der Waals surface area contributed by atoms with Crippen LogP contribution in [0.5, 0.6) is 0 Å². The van der Waals surface area contributed by atoms with Crippen LogP contribution in [0.4, 0.5) is 5.69 Å². The van der Waals surface area contributed by atoms with Gasteiger partial charge in [-0.25, -0.2) is 8.42 Å². The molecule has 0 aliphatic rings. The summed E-state index contributed by atoms with van der Waals surface area (Å²) in [6, 6.07) is 11.2. The van der Waals surface area contributed by atoms with Gasteiger partial charge in [0.15, 0.2) is 0 Å². The predicted molar refractivity (Wildman–Crippen MR) is 133 cm³/mol. The van der Waals surface area contributed by atoms with Crippen LogP contribution in [-0.4, -0.2) is 39.4 Å². The average molecular weight is 504 g/mol. The van der Waals surface area contributed by atoms with Crippen molar-refractivity contribution in [3.05, 3.63) is 63.1 Å². The van der Waals surface area contributed by atoms with Crippen molar-refractivity contribution < 1.29 is 13.2 Å². The summed E-state index contributed by atoms with van der Waals surface area (Å²) in [5.41, 5.74) is 3.55. The van der Waals surface area contributed by atoms with E-state index in [1.807, 2.05) is 44.2 Å². The highest BCUT2D eigenvalue weighted by molar-refractivity contribution is 7.98. The number of benzene rings is 2. The van der Waals surface area contributed by atoms with E-state index < -0.39 is 10.0 Å². The molecule has 170 valence electrons. The SMILES string of the molecule is Cc1ccc(C)c(N(CCCC(=O)NCCSCc2ccc(Cl)cc2Cl)S(C)(=O)=O)c1. The summed E-state index contributed by atoms with van der Waals surface area (Å²) >= 11 is 13.7. The molecule has 0 heterocycles. The molecule has 0 saturated heterocycles. The highest BCUT2D eigenvalue weighted by Gasteiger charge is 2.19. The second-order valence-corrected chi connectivity index (χ2v) is 11.2. The zero-order valence-corrected chi connectivity index (χ0v) is 21.1. The molecule has 0 aliphatic heterocycles. The Hall–Kier alpha value is -1.41. The van der Waals surface area contributed by atoms with Crippen molar-refractivity contribution in [1.82, 2.24) is 5.32 Å². The summed E-state index contributed by atoms with van der Waals surface area (Å²) in [7, 11) is -3.43. The zero-order chi connectivity index (χ0) is 23.0. The van der Waals surface area contributed by atoms with Crippen molar-refractivity contribution in [3.63, 3.8) is 0 Å². The Balaban J connectivity index is 1.75. The Kier molecular flexibility index (Phi) is 10.0. The molecule has 0 radical (unpaired) electrons. The van der Waals surface area contributed by atoms with Crippen LogP contribution in [0.2, 0.25) is 10.0 Å². The van der Waals surface area contributed by atoms with Crippen LogP contribution in [0.25, 0.3) is 0 Å². The smallest absolute Gasteiger partial charge is 0.232 e. The number of sulfonamides is 1. The number of thioether (sulfide) groups is 1. The minimum Gasteiger partial charge on any atom is -0.355 e. The van der Waals surface area contributed by atoms with Crippen molar-refractivity contribution in [3.8, 4) is 0 Å². The van der Waals surface area contributed by atoms with Crippen molar-refractivity contribution >= 4 is 56.6 Å². The highest BCUT2D eigenvalue weighted by Crippen LogP contribution is 2.25. The molecule has 5 nitrogen and oxygen atoms in total. The minimum absolute atomic E-state index is 0.0838. The monoisotopic (exact) mass is 502 g/mol. The van der Waals surface area contributed by atoms with Gasteiger partial charge in [-0.3, -0.25) is 9.10 Å². The van der Waals surface area contributed by atoms with Gasteiger partial charge in [-0.05, 0) is 55.2 Å². The standard InChI is InChI=1S/C22H28Cl2N2O3S2/c1-16-6-7-17(2)21(13-16)26(31(3,28)29)11-4-5-22(27)25-10-12-30-15-18-8-9-19(23)14-20(18)24/h6-9,13-14H,4-5,10-12,15H2,1-3H3,(H,25,27). The molecule has 2 rings (SSSR count). The van der Waals surface area contributed by atoms with Crippen molar-refractivity contribution in [1.29, 1.82) is 0 Å². The normalized spacial score (nSPS) is 11.4. The van der Waals surface area contributed by atoms with Crippen LogP contribution >= 0.6 is 35.0 Å². The fraction of sp³-hybridized carbons (Fsp3) is 0.409.